The number of nitrogens with zero attached hydrogens (tertiary/aromatic N) is 2. The maximum atomic E-state index is 12.3. The number of aryl methyl sites for hydroxylation is 1. The average molecular weight is 363 g/mol. The summed E-state index contributed by atoms with van der Waals surface area (Å²) in [6.45, 7) is 2.15. The first-order valence-electron chi connectivity index (χ1n) is 8.61. The lowest BCUT2D eigenvalue weighted by molar-refractivity contribution is -0.122. The Balaban J connectivity index is 1.73. The third kappa shape index (κ3) is 4.41. The molecule has 6 nitrogen and oxygen atoms in total. The SMILES string of the molecule is COc1ccccc1CNC(=O)Cn1nc(-c2ccccc2C)ccc1=O. The van der Waals surface area contributed by atoms with Crippen molar-refractivity contribution in [1.82, 2.24) is 15.1 Å². The average Bonchev–Trinajstić information content (AvgIpc) is 2.69. The normalized spacial score (nSPS) is 10.4. The molecular formula is C21H21N3O3. The fraction of sp³-hybridized carbons (Fsp3) is 0.190. The predicted molar refractivity (Wildman–Crippen MR) is 104 cm³/mol. The minimum Gasteiger partial charge on any atom is -0.496 e. The van der Waals surface area contributed by atoms with Gasteiger partial charge in [-0.2, -0.15) is 5.10 Å². The molecule has 0 saturated heterocycles. The van der Waals surface area contributed by atoms with Crippen molar-refractivity contribution in [3.05, 3.63) is 82.1 Å². The van der Waals surface area contributed by atoms with Crippen LogP contribution in [0.5, 0.6) is 5.75 Å². The van der Waals surface area contributed by atoms with Gasteiger partial charge in [0.25, 0.3) is 5.56 Å². The summed E-state index contributed by atoms with van der Waals surface area (Å²) in [5.74, 6) is 0.409. The number of amides is 1. The number of rotatable bonds is 6. The highest BCUT2D eigenvalue weighted by Crippen LogP contribution is 2.19. The van der Waals surface area contributed by atoms with Gasteiger partial charge in [0.1, 0.15) is 12.3 Å². The molecule has 1 N–H and O–H groups in total. The Morgan fingerprint density at radius 2 is 1.81 bits per heavy atom. The summed E-state index contributed by atoms with van der Waals surface area (Å²) in [7, 11) is 1.58. The monoisotopic (exact) mass is 363 g/mol. The van der Waals surface area contributed by atoms with Crippen LogP contribution in [0.25, 0.3) is 11.3 Å². The third-order valence-electron chi connectivity index (χ3n) is 4.25. The van der Waals surface area contributed by atoms with Crippen molar-refractivity contribution >= 4 is 5.91 Å². The molecule has 3 aromatic rings. The fourth-order valence-corrected chi connectivity index (χ4v) is 2.80. The maximum Gasteiger partial charge on any atom is 0.267 e. The van der Waals surface area contributed by atoms with Crippen molar-refractivity contribution in [2.24, 2.45) is 0 Å². The second kappa shape index (κ2) is 8.31. The maximum absolute atomic E-state index is 12.3. The zero-order chi connectivity index (χ0) is 19.2. The number of para-hydroxylation sites is 1. The van der Waals surface area contributed by atoms with E-state index in [1.54, 1.807) is 13.2 Å². The Morgan fingerprint density at radius 3 is 2.59 bits per heavy atom. The van der Waals surface area contributed by atoms with Gasteiger partial charge >= 0.3 is 0 Å². The van der Waals surface area contributed by atoms with E-state index in [-0.39, 0.29) is 18.0 Å². The van der Waals surface area contributed by atoms with Crippen LogP contribution in [0, 0.1) is 6.92 Å². The topological polar surface area (TPSA) is 73.2 Å². The molecule has 1 aromatic heterocycles. The summed E-state index contributed by atoms with van der Waals surface area (Å²) in [4.78, 5) is 24.4. The van der Waals surface area contributed by atoms with Crippen LogP contribution in [0.1, 0.15) is 11.1 Å². The van der Waals surface area contributed by atoms with Crippen LogP contribution < -0.4 is 15.6 Å². The predicted octanol–water partition coefficient (Wildman–Crippen LogP) is 2.54. The smallest absolute Gasteiger partial charge is 0.267 e. The van der Waals surface area contributed by atoms with Crippen molar-refractivity contribution < 1.29 is 9.53 Å². The van der Waals surface area contributed by atoms with E-state index < -0.39 is 0 Å². The van der Waals surface area contributed by atoms with E-state index in [1.165, 1.54) is 10.7 Å². The Kier molecular flexibility index (Phi) is 5.66. The van der Waals surface area contributed by atoms with Crippen molar-refractivity contribution in [2.45, 2.75) is 20.0 Å². The summed E-state index contributed by atoms with van der Waals surface area (Å²) < 4.78 is 6.45. The van der Waals surface area contributed by atoms with E-state index in [1.807, 2.05) is 55.5 Å². The van der Waals surface area contributed by atoms with Gasteiger partial charge in [-0.15, -0.1) is 0 Å². The van der Waals surface area contributed by atoms with Crippen LogP contribution in [0.15, 0.2) is 65.5 Å². The van der Waals surface area contributed by atoms with Crippen molar-refractivity contribution in [1.29, 1.82) is 0 Å². The molecule has 0 unspecified atom stereocenters. The molecule has 6 heteroatoms. The van der Waals surface area contributed by atoms with Crippen LogP contribution in [0.2, 0.25) is 0 Å². The molecule has 0 radical (unpaired) electrons. The molecule has 1 heterocycles. The molecule has 0 saturated carbocycles. The highest BCUT2D eigenvalue weighted by atomic mass is 16.5. The number of hydrogen-bond acceptors (Lipinski definition) is 4. The molecule has 27 heavy (non-hydrogen) atoms. The molecular weight excluding hydrogens is 342 g/mol. The lowest BCUT2D eigenvalue weighted by Gasteiger charge is -2.11. The fourth-order valence-electron chi connectivity index (χ4n) is 2.80. The van der Waals surface area contributed by atoms with Gasteiger partial charge in [0.15, 0.2) is 0 Å². The molecule has 0 atom stereocenters. The van der Waals surface area contributed by atoms with Gasteiger partial charge in [0.2, 0.25) is 5.91 Å². The van der Waals surface area contributed by atoms with E-state index in [0.717, 1.165) is 16.7 Å². The Labute approximate surface area is 157 Å². The lowest BCUT2D eigenvalue weighted by Crippen LogP contribution is -2.33. The van der Waals surface area contributed by atoms with Crippen molar-refractivity contribution in [2.75, 3.05) is 7.11 Å². The van der Waals surface area contributed by atoms with E-state index >= 15 is 0 Å². The Morgan fingerprint density at radius 1 is 1.07 bits per heavy atom. The molecule has 3 rings (SSSR count). The summed E-state index contributed by atoms with van der Waals surface area (Å²) >= 11 is 0. The summed E-state index contributed by atoms with van der Waals surface area (Å²) in [5.41, 5.74) is 3.18. The van der Waals surface area contributed by atoms with Gasteiger partial charge in [-0.05, 0) is 24.6 Å². The first-order valence-corrected chi connectivity index (χ1v) is 8.61. The lowest BCUT2D eigenvalue weighted by atomic mass is 10.1. The highest BCUT2D eigenvalue weighted by Gasteiger charge is 2.10. The Hall–Kier alpha value is -3.41. The summed E-state index contributed by atoms with van der Waals surface area (Å²) in [6.07, 6.45) is 0. The van der Waals surface area contributed by atoms with E-state index in [2.05, 4.69) is 10.4 Å². The first kappa shape index (κ1) is 18.4. The number of benzene rings is 2. The number of nitrogens with one attached hydrogen (secondary N) is 1. The highest BCUT2D eigenvalue weighted by molar-refractivity contribution is 5.75. The molecule has 0 spiro atoms. The number of methoxy groups -OCH3 is 1. The summed E-state index contributed by atoms with van der Waals surface area (Å²) in [5, 5.41) is 7.15. The molecule has 0 fully saturated rings. The zero-order valence-corrected chi connectivity index (χ0v) is 15.3. The second-order valence-corrected chi connectivity index (χ2v) is 6.12. The van der Waals surface area contributed by atoms with Crippen molar-refractivity contribution in [3.8, 4) is 17.0 Å². The van der Waals surface area contributed by atoms with Gasteiger partial charge in [0.05, 0.1) is 12.8 Å². The van der Waals surface area contributed by atoms with Crippen molar-refractivity contribution in [3.63, 3.8) is 0 Å². The van der Waals surface area contributed by atoms with Gasteiger partial charge in [-0.1, -0.05) is 42.5 Å². The van der Waals surface area contributed by atoms with Gasteiger partial charge in [0, 0.05) is 23.7 Å². The molecule has 0 aliphatic heterocycles. The van der Waals surface area contributed by atoms with Crippen LogP contribution in [0.3, 0.4) is 0 Å². The Bertz CT molecular complexity index is 1010. The zero-order valence-electron chi connectivity index (χ0n) is 15.3. The molecule has 0 bridgehead atoms. The second-order valence-electron chi connectivity index (χ2n) is 6.12. The van der Waals surface area contributed by atoms with E-state index in [9.17, 15) is 9.59 Å². The van der Waals surface area contributed by atoms with Gasteiger partial charge < -0.3 is 10.1 Å². The number of carbonyl (C=O) groups excluding carboxylic acids is 1. The number of aromatic nitrogens is 2. The first-order chi connectivity index (χ1) is 13.1. The molecule has 1 amide bonds. The largest absolute Gasteiger partial charge is 0.496 e. The molecule has 0 aliphatic carbocycles. The van der Waals surface area contributed by atoms with Gasteiger partial charge in [-0.3, -0.25) is 9.59 Å². The minimum atomic E-state index is -0.320. The van der Waals surface area contributed by atoms with Crippen LogP contribution in [0.4, 0.5) is 0 Å². The van der Waals surface area contributed by atoms with E-state index in [0.29, 0.717) is 18.0 Å². The standard InChI is InChI=1S/C21H21N3O3/c1-15-7-3-5-9-17(15)18-11-12-21(26)24(23-18)14-20(25)22-13-16-8-4-6-10-19(16)27-2/h3-12H,13-14H2,1-2H3,(H,22,25). The van der Waals surface area contributed by atoms with Crippen LogP contribution in [-0.4, -0.2) is 22.8 Å². The molecule has 2 aromatic carbocycles. The molecule has 0 aliphatic rings. The number of carbonyl (C=O) groups is 1. The number of hydrogen-bond donors (Lipinski definition) is 1. The number of ether oxygens (including phenoxy) is 1. The van der Waals surface area contributed by atoms with Crippen LogP contribution in [-0.2, 0) is 17.9 Å². The minimum absolute atomic E-state index is 0.145. The molecule has 138 valence electrons. The quantitative estimate of drug-likeness (QED) is 0.730. The van der Waals surface area contributed by atoms with E-state index in [4.69, 9.17) is 4.74 Å². The van der Waals surface area contributed by atoms with Gasteiger partial charge in [-0.25, -0.2) is 4.68 Å². The van der Waals surface area contributed by atoms with Crippen LogP contribution >= 0.6 is 0 Å². The third-order valence-corrected chi connectivity index (χ3v) is 4.25. The summed E-state index contributed by atoms with van der Waals surface area (Å²) in [6, 6.07) is 18.3.